The number of alkyl carbamates (subject to hydrolysis) is 1. The molecule has 0 aromatic heterocycles. The Morgan fingerprint density at radius 3 is 2.15 bits per heavy atom. The van der Waals surface area contributed by atoms with Crippen molar-refractivity contribution in [1.82, 2.24) is 5.32 Å². The summed E-state index contributed by atoms with van der Waals surface area (Å²) >= 11 is 0. The van der Waals surface area contributed by atoms with Crippen molar-refractivity contribution in [3.8, 4) is 11.5 Å². The lowest BCUT2D eigenvalue weighted by Gasteiger charge is -2.24. The molecule has 40 heavy (non-hydrogen) atoms. The molecule has 0 aliphatic rings. The third kappa shape index (κ3) is 9.49. The lowest BCUT2D eigenvalue weighted by atomic mass is 10.0. The molecule has 0 saturated heterocycles. The third-order valence-electron chi connectivity index (χ3n) is 5.22. The van der Waals surface area contributed by atoms with E-state index >= 15 is 0 Å². The summed E-state index contributed by atoms with van der Waals surface area (Å²) in [6.07, 6.45) is 0.437. The molecule has 2 aromatic carbocycles. The SMILES string of the molecule is CCCCOc1ccc(O)c(C(=O)O)c1NC(=O)C(Cc1ccc(NC(=O)C(=O)O)cc1)NC(=O)OC(C)(C)C. The molecule has 6 N–H and O–H groups in total. The molecule has 0 radical (unpaired) electrons. The van der Waals surface area contributed by atoms with Crippen LogP contribution in [0, 0.1) is 0 Å². The van der Waals surface area contributed by atoms with Gasteiger partial charge in [0.15, 0.2) is 0 Å². The molecule has 13 heteroatoms. The van der Waals surface area contributed by atoms with Gasteiger partial charge in [-0.3, -0.25) is 9.59 Å². The maximum Gasteiger partial charge on any atom is 0.408 e. The molecule has 0 fully saturated rings. The number of anilines is 2. The number of aromatic carboxylic acids is 1. The van der Waals surface area contributed by atoms with Crippen LogP contribution in [0.15, 0.2) is 36.4 Å². The van der Waals surface area contributed by atoms with Gasteiger partial charge in [-0.15, -0.1) is 0 Å². The summed E-state index contributed by atoms with van der Waals surface area (Å²) in [5, 5.41) is 35.8. The Kier molecular flexibility index (Phi) is 10.9. The summed E-state index contributed by atoms with van der Waals surface area (Å²) in [5.41, 5.74) is -1.06. The predicted molar refractivity (Wildman–Crippen MR) is 144 cm³/mol. The van der Waals surface area contributed by atoms with E-state index in [0.717, 1.165) is 12.5 Å². The molecule has 0 spiro atoms. The largest absolute Gasteiger partial charge is 0.507 e. The Hall–Kier alpha value is -4.81. The van der Waals surface area contributed by atoms with Gasteiger partial charge in [0, 0.05) is 12.1 Å². The lowest BCUT2D eigenvalue weighted by Crippen LogP contribution is -2.47. The van der Waals surface area contributed by atoms with Crippen LogP contribution in [0.2, 0.25) is 0 Å². The molecular formula is C27H33N3O10. The number of unbranched alkanes of at least 4 members (excludes halogenated alkanes) is 1. The van der Waals surface area contributed by atoms with E-state index in [4.69, 9.17) is 14.6 Å². The molecule has 2 rings (SSSR count). The Bertz CT molecular complexity index is 1250. The number of phenols is 1. The van der Waals surface area contributed by atoms with Gasteiger partial charge in [-0.1, -0.05) is 25.5 Å². The molecule has 1 atom stereocenters. The quantitative estimate of drug-likeness (QED) is 0.175. The van der Waals surface area contributed by atoms with Crippen molar-refractivity contribution < 1.29 is 48.8 Å². The smallest absolute Gasteiger partial charge is 0.408 e. The maximum atomic E-state index is 13.4. The van der Waals surface area contributed by atoms with E-state index in [0.29, 0.717) is 12.0 Å². The first-order chi connectivity index (χ1) is 18.7. The number of hydrogen-bond donors (Lipinski definition) is 6. The van der Waals surface area contributed by atoms with Crippen molar-refractivity contribution in [2.45, 2.75) is 58.6 Å². The molecule has 0 heterocycles. The number of carbonyl (C=O) groups excluding carboxylic acids is 3. The number of carbonyl (C=O) groups is 5. The Labute approximate surface area is 230 Å². The zero-order valence-corrected chi connectivity index (χ0v) is 22.6. The molecule has 0 aliphatic heterocycles. The van der Waals surface area contributed by atoms with Crippen molar-refractivity contribution in [2.24, 2.45) is 0 Å². The van der Waals surface area contributed by atoms with Crippen LogP contribution in [-0.4, -0.2) is 63.4 Å². The fourth-order valence-corrected chi connectivity index (χ4v) is 3.37. The van der Waals surface area contributed by atoms with Crippen LogP contribution in [0.3, 0.4) is 0 Å². The molecular weight excluding hydrogens is 526 g/mol. The van der Waals surface area contributed by atoms with E-state index in [2.05, 4.69) is 16.0 Å². The number of aromatic hydroxyl groups is 1. The van der Waals surface area contributed by atoms with E-state index in [-0.39, 0.29) is 30.2 Å². The topological polar surface area (TPSA) is 201 Å². The molecule has 0 aliphatic carbocycles. The van der Waals surface area contributed by atoms with Gasteiger partial charge in [0.1, 0.15) is 34.4 Å². The van der Waals surface area contributed by atoms with Gasteiger partial charge in [0.25, 0.3) is 0 Å². The normalized spacial score (nSPS) is 11.6. The zero-order valence-electron chi connectivity index (χ0n) is 22.6. The first-order valence-electron chi connectivity index (χ1n) is 12.4. The number of carboxylic acid groups (broad SMARTS) is 2. The van der Waals surface area contributed by atoms with Crippen molar-refractivity contribution in [1.29, 1.82) is 0 Å². The number of aliphatic carboxylic acids is 1. The summed E-state index contributed by atoms with van der Waals surface area (Å²) in [7, 11) is 0. The average Bonchev–Trinajstić information content (AvgIpc) is 2.84. The summed E-state index contributed by atoms with van der Waals surface area (Å²) in [6.45, 7) is 7.07. The lowest BCUT2D eigenvalue weighted by molar-refractivity contribution is -0.147. The highest BCUT2D eigenvalue weighted by Gasteiger charge is 2.28. The minimum absolute atomic E-state index is 0.0199. The summed E-state index contributed by atoms with van der Waals surface area (Å²) in [5.74, 6) is -5.80. The van der Waals surface area contributed by atoms with Crippen LogP contribution in [-0.2, 0) is 25.5 Å². The minimum atomic E-state index is -1.66. The van der Waals surface area contributed by atoms with Crippen LogP contribution in [0.25, 0.3) is 0 Å². The van der Waals surface area contributed by atoms with E-state index < -0.39 is 52.8 Å². The van der Waals surface area contributed by atoms with Gasteiger partial charge in [-0.2, -0.15) is 0 Å². The third-order valence-corrected chi connectivity index (χ3v) is 5.22. The monoisotopic (exact) mass is 559 g/mol. The highest BCUT2D eigenvalue weighted by molar-refractivity contribution is 6.36. The van der Waals surface area contributed by atoms with E-state index in [1.54, 1.807) is 20.8 Å². The number of ether oxygens (including phenoxy) is 2. The fourth-order valence-electron chi connectivity index (χ4n) is 3.37. The fraction of sp³-hybridized carbons (Fsp3) is 0.370. The van der Waals surface area contributed by atoms with Crippen LogP contribution in [0.1, 0.15) is 56.5 Å². The summed E-state index contributed by atoms with van der Waals surface area (Å²) in [4.78, 5) is 60.1. The predicted octanol–water partition coefficient (Wildman–Crippen LogP) is 3.37. The first kappa shape index (κ1) is 31.4. The number of benzene rings is 2. The Balaban J connectivity index is 2.39. The summed E-state index contributed by atoms with van der Waals surface area (Å²) < 4.78 is 10.9. The van der Waals surface area contributed by atoms with Gasteiger partial charge >= 0.3 is 23.9 Å². The number of hydrogen-bond acceptors (Lipinski definition) is 8. The molecule has 216 valence electrons. The van der Waals surface area contributed by atoms with Crippen LogP contribution in [0.5, 0.6) is 11.5 Å². The molecule has 0 saturated carbocycles. The Morgan fingerprint density at radius 2 is 1.60 bits per heavy atom. The summed E-state index contributed by atoms with van der Waals surface area (Å²) in [6, 6.07) is 7.01. The van der Waals surface area contributed by atoms with Gasteiger partial charge in [-0.05, 0) is 57.0 Å². The molecule has 3 amide bonds. The zero-order chi connectivity index (χ0) is 30.0. The second kappa shape index (κ2) is 13.8. The molecule has 1 unspecified atom stereocenters. The highest BCUT2D eigenvalue weighted by Crippen LogP contribution is 2.35. The Morgan fingerprint density at radius 1 is 0.950 bits per heavy atom. The van der Waals surface area contributed by atoms with E-state index in [9.17, 15) is 34.2 Å². The number of amides is 3. The van der Waals surface area contributed by atoms with Gasteiger partial charge in [0.05, 0.1) is 6.61 Å². The van der Waals surface area contributed by atoms with Crippen LogP contribution >= 0.6 is 0 Å². The van der Waals surface area contributed by atoms with Crippen LogP contribution in [0.4, 0.5) is 16.2 Å². The van der Waals surface area contributed by atoms with Gasteiger partial charge < -0.3 is 40.7 Å². The first-order valence-corrected chi connectivity index (χ1v) is 12.4. The van der Waals surface area contributed by atoms with Crippen molar-refractivity contribution in [2.75, 3.05) is 17.2 Å². The minimum Gasteiger partial charge on any atom is -0.507 e. The number of nitrogens with one attached hydrogen (secondary N) is 3. The van der Waals surface area contributed by atoms with E-state index in [1.807, 2.05) is 6.92 Å². The van der Waals surface area contributed by atoms with Crippen LogP contribution < -0.4 is 20.7 Å². The maximum absolute atomic E-state index is 13.4. The molecule has 13 nitrogen and oxygen atoms in total. The average molecular weight is 560 g/mol. The second-order valence-electron chi connectivity index (χ2n) is 9.69. The van der Waals surface area contributed by atoms with E-state index in [1.165, 1.54) is 30.3 Å². The van der Waals surface area contributed by atoms with Gasteiger partial charge in [-0.25, -0.2) is 14.4 Å². The van der Waals surface area contributed by atoms with Crippen molar-refractivity contribution in [3.05, 3.63) is 47.5 Å². The molecule has 2 aromatic rings. The second-order valence-corrected chi connectivity index (χ2v) is 9.69. The van der Waals surface area contributed by atoms with Crippen molar-refractivity contribution >= 4 is 41.2 Å². The standard InChI is InChI=1S/C27H33N3O10/c1-5-6-13-39-19-12-11-18(31)20(24(34)35)21(19)30-22(32)17(29-26(38)40-27(2,3)4)14-15-7-9-16(10-8-15)28-23(33)25(36)37/h7-12,17,31H,5-6,13-14H2,1-4H3,(H,28,33)(H,29,38)(H,30,32)(H,34,35)(H,36,37). The molecule has 0 bridgehead atoms. The van der Waals surface area contributed by atoms with Gasteiger partial charge in [0.2, 0.25) is 5.91 Å². The highest BCUT2D eigenvalue weighted by atomic mass is 16.6. The number of carboxylic acids is 2. The number of rotatable bonds is 11. The van der Waals surface area contributed by atoms with Crippen molar-refractivity contribution in [3.63, 3.8) is 0 Å².